The highest BCUT2D eigenvalue weighted by molar-refractivity contribution is 8.15. The molecule has 1 amide bonds. The summed E-state index contributed by atoms with van der Waals surface area (Å²) in [5, 5.41) is 20.2. The van der Waals surface area contributed by atoms with Crippen molar-refractivity contribution in [3.05, 3.63) is 29.8 Å². The third-order valence-corrected chi connectivity index (χ3v) is 3.72. The molecule has 6 heteroatoms. The number of hydrogen-bond donors (Lipinski definition) is 2. The van der Waals surface area contributed by atoms with Crippen molar-refractivity contribution in [3.63, 3.8) is 0 Å². The molecule has 1 aliphatic heterocycles. The molecule has 1 saturated heterocycles. The average Bonchev–Trinajstić information content (AvgIpc) is 2.73. The third-order valence-electron chi connectivity index (χ3n) is 2.58. The van der Waals surface area contributed by atoms with Gasteiger partial charge in [0, 0.05) is 0 Å². The van der Waals surface area contributed by atoms with E-state index in [1.807, 2.05) is 6.92 Å². The van der Waals surface area contributed by atoms with Gasteiger partial charge >= 0.3 is 0 Å². The number of carbonyl (C=O) groups excluding carboxylic acids is 1. The van der Waals surface area contributed by atoms with Crippen molar-refractivity contribution >= 4 is 29.1 Å². The zero-order valence-electron chi connectivity index (χ0n) is 10.5. The van der Waals surface area contributed by atoms with Gasteiger partial charge in [0.1, 0.15) is 5.75 Å². The number of rotatable bonds is 4. The molecule has 2 N–H and O–H groups in total. The van der Waals surface area contributed by atoms with Gasteiger partial charge in [-0.3, -0.25) is 4.79 Å². The Kier molecular flexibility index (Phi) is 4.57. The van der Waals surface area contributed by atoms with Crippen molar-refractivity contribution in [3.8, 4) is 5.75 Å². The van der Waals surface area contributed by atoms with Gasteiger partial charge in [0.15, 0.2) is 5.17 Å². The summed E-state index contributed by atoms with van der Waals surface area (Å²) < 4.78 is 0. The summed E-state index contributed by atoms with van der Waals surface area (Å²) in [6.45, 7) is 2.05. The highest BCUT2D eigenvalue weighted by atomic mass is 32.2. The Morgan fingerprint density at radius 2 is 2.16 bits per heavy atom. The molecule has 1 fully saturated rings. The minimum absolute atomic E-state index is 0.00503. The Morgan fingerprint density at radius 1 is 1.42 bits per heavy atom. The molecule has 1 aromatic rings. The third kappa shape index (κ3) is 3.82. The molecule has 0 radical (unpaired) electrons. The number of aromatic hydroxyl groups is 1. The molecule has 19 heavy (non-hydrogen) atoms. The van der Waals surface area contributed by atoms with Crippen LogP contribution in [0.4, 0.5) is 0 Å². The molecule has 1 unspecified atom stereocenters. The molecule has 0 saturated carbocycles. The van der Waals surface area contributed by atoms with E-state index in [1.165, 1.54) is 11.8 Å². The van der Waals surface area contributed by atoms with Crippen molar-refractivity contribution in [1.82, 2.24) is 5.32 Å². The number of amides is 1. The van der Waals surface area contributed by atoms with Crippen LogP contribution in [0.5, 0.6) is 5.75 Å². The number of amidine groups is 1. The van der Waals surface area contributed by atoms with Crippen molar-refractivity contribution in [2.24, 2.45) is 10.2 Å². The minimum atomic E-state index is -0.0485. The van der Waals surface area contributed by atoms with Crippen LogP contribution in [0.25, 0.3) is 0 Å². The Morgan fingerprint density at radius 3 is 2.84 bits per heavy atom. The summed E-state index contributed by atoms with van der Waals surface area (Å²) in [6, 6.07) is 6.63. The molecule has 1 atom stereocenters. The maximum Gasteiger partial charge on any atom is 0.239 e. The Balaban J connectivity index is 1.96. The number of benzene rings is 1. The first-order valence-electron chi connectivity index (χ1n) is 6.06. The maximum absolute atomic E-state index is 11.6. The monoisotopic (exact) mass is 277 g/mol. The van der Waals surface area contributed by atoms with E-state index in [0.29, 0.717) is 5.17 Å². The number of nitrogens with one attached hydrogen (secondary N) is 1. The number of hydrogen-bond acceptors (Lipinski definition) is 5. The summed E-state index contributed by atoms with van der Waals surface area (Å²) in [7, 11) is 0. The van der Waals surface area contributed by atoms with Crippen LogP contribution >= 0.6 is 11.8 Å². The quantitative estimate of drug-likeness (QED) is 0.654. The zero-order valence-corrected chi connectivity index (χ0v) is 11.4. The highest BCUT2D eigenvalue weighted by Gasteiger charge is 2.29. The topological polar surface area (TPSA) is 74.1 Å². The molecule has 1 aromatic carbocycles. The van der Waals surface area contributed by atoms with E-state index < -0.39 is 0 Å². The van der Waals surface area contributed by atoms with Crippen molar-refractivity contribution in [2.75, 3.05) is 0 Å². The van der Waals surface area contributed by atoms with Crippen molar-refractivity contribution in [1.29, 1.82) is 0 Å². The fraction of sp³-hybridized carbons (Fsp3) is 0.308. The lowest BCUT2D eigenvalue weighted by Crippen LogP contribution is -2.24. The highest BCUT2D eigenvalue weighted by Crippen LogP contribution is 2.23. The number of phenolic OH excluding ortho intramolecular Hbond substituents is 1. The van der Waals surface area contributed by atoms with Gasteiger partial charge in [0.25, 0.3) is 0 Å². The number of thioether (sulfide) groups is 1. The van der Waals surface area contributed by atoms with Gasteiger partial charge < -0.3 is 10.4 Å². The first-order chi connectivity index (χ1) is 9.19. The van der Waals surface area contributed by atoms with Gasteiger partial charge in [-0.1, -0.05) is 25.1 Å². The van der Waals surface area contributed by atoms with Gasteiger partial charge in [0.2, 0.25) is 5.91 Å². The molecule has 0 aliphatic carbocycles. The first kappa shape index (κ1) is 13.6. The maximum atomic E-state index is 11.6. The van der Waals surface area contributed by atoms with E-state index in [0.717, 1.165) is 18.4 Å². The number of carbonyl (C=O) groups is 1. The van der Waals surface area contributed by atoms with E-state index in [2.05, 4.69) is 15.5 Å². The van der Waals surface area contributed by atoms with Gasteiger partial charge in [0.05, 0.1) is 11.5 Å². The largest absolute Gasteiger partial charge is 0.508 e. The summed E-state index contributed by atoms with van der Waals surface area (Å²) in [4.78, 5) is 11.6. The second kappa shape index (κ2) is 6.38. The van der Waals surface area contributed by atoms with E-state index in [4.69, 9.17) is 5.11 Å². The fourth-order valence-corrected chi connectivity index (χ4v) is 2.66. The lowest BCUT2D eigenvalue weighted by atomic mass is 10.2. The zero-order chi connectivity index (χ0) is 13.7. The molecule has 5 nitrogen and oxygen atoms in total. The molecule has 1 heterocycles. The molecule has 0 aromatic heterocycles. The Hall–Kier alpha value is -1.82. The molecule has 2 rings (SSSR count). The molecule has 0 bridgehead atoms. The van der Waals surface area contributed by atoms with Crippen LogP contribution in [0.3, 0.4) is 0 Å². The van der Waals surface area contributed by atoms with E-state index in [9.17, 15) is 4.79 Å². The number of phenols is 1. The lowest BCUT2D eigenvalue weighted by molar-refractivity contribution is -0.118. The van der Waals surface area contributed by atoms with E-state index >= 15 is 0 Å². The van der Waals surface area contributed by atoms with Crippen LogP contribution in [0.2, 0.25) is 0 Å². The van der Waals surface area contributed by atoms with Gasteiger partial charge in [-0.05, 0) is 36.2 Å². The SMILES string of the molecule is CCCC1SC(=NN=Cc2ccc(O)cc2)NC1=O. The Labute approximate surface area is 115 Å². The Bertz CT molecular complexity index is 511. The van der Waals surface area contributed by atoms with Crippen LogP contribution < -0.4 is 5.32 Å². The lowest BCUT2D eigenvalue weighted by Gasteiger charge is -1.99. The molecule has 100 valence electrons. The average molecular weight is 277 g/mol. The number of nitrogens with zero attached hydrogens (tertiary/aromatic N) is 2. The normalized spacial score (nSPS) is 21.2. The van der Waals surface area contributed by atoms with Crippen LogP contribution in [0.1, 0.15) is 25.3 Å². The first-order valence-corrected chi connectivity index (χ1v) is 6.94. The molecule has 1 aliphatic rings. The summed E-state index contributed by atoms with van der Waals surface area (Å²) >= 11 is 1.42. The summed E-state index contributed by atoms with van der Waals surface area (Å²) in [6.07, 6.45) is 3.39. The summed E-state index contributed by atoms with van der Waals surface area (Å²) in [5.74, 6) is 0.218. The van der Waals surface area contributed by atoms with Crippen molar-refractivity contribution < 1.29 is 9.90 Å². The molecular weight excluding hydrogens is 262 g/mol. The second-order valence-electron chi connectivity index (χ2n) is 4.13. The standard InChI is InChI=1S/C13H15N3O2S/c1-2-3-11-12(18)15-13(19-11)16-14-8-9-4-6-10(17)7-5-9/h4-8,11,17H,2-3H2,1H3,(H,15,16,18). The van der Waals surface area contributed by atoms with Crippen LogP contribution in [0.15, 0.2) is 34.5 Å². The predicted molar refractivity (Wildman–Crippen MR) is 77.6 cm³/mol. The van der Waals surface area contributed by atoms with Crippen LogP contribution in [0, 0.1) is 0 Å². The molecular formula is C13H15N3O2S. The van der Waals surface area contributed by atoms with Gasteiger partial charge in [-0.2, -0.15) is 5.10 Å². The van der Waals surface area contributed by atoms with E-state index in [1.54, 1.807) is 30.5 Å². The van der Waals surface area contributed by atoms with Gasteiger partial charge in [-0.25, -0.2) is 0 Å². The predicted octanol–water partition coefficient (Wildman–Crippen LogP) is 2.11. The van der Waals surface area contributed by atoms with Crippen molar-refractivity contribution in [2.45, 2.75) is 25.0 Å². The van der Waals surface area contributed by atoms with E-state index in [-0.39, 0.29) is 16.9 Å². The summed E-state index contributed by atoms with van der Waals surface area (Å²) in [5.41, 5.74) is 0.835. The minimum Gasteiger partial charge on any atom is -0.508 e. The van der Waals surface area contributed by atoms with Gasteiger partial charge in [-0.15, -0.1) is 5.10 Å². The fourth-order valence-electron chi connectivity index (χ4n) is 1.61. The van der Waals surface area contributed by atoms with Crippen LogP contribution in [-0.4, -0.2) is 27.6 Å². The molecule has 0 spiro atoms. The van der Waals surface area contributed by atoms with Crippen LogP contribution in [-0.2, 0) is 4.79 Å². The smallest absolute Gasteiger partial charge is 0.239 e. The second-order valence-corrected chi connectivity index (χ2v) is 5.32.